The fourth-order valence-corrected chi connectivity index (χ4v) is 2.09. The predicted molar refractivity (Wildman–Crippen MR) is 64.6 cm³/mol. The van der Waals surface area contributed by atoms with Crippen molar-refractivity contribution < 1.29 is 9.53 Å². The molecule has 0 aliphatic heterocycles. The first-order valence-electron chi connectivity index (χ1n) is 5.07. The maximum absolute atomic E-state index is 11.7. The second kappa shape index (κ2) is 4.94. The number of hydrogen-bond donors (Lipinski definition) is 0. The lowest BCUT2D eigenvalue weighted by molar-refractivity contribution is 0.0345. The van der Waals surface area contributed by atoms with Crippen LogP contribution in [0.4, 0.5) is 0 Å². The van der Waals surface area contributed by atoms with Crippen LogP contribution >= 0.6 is 11.3 Å². The molecule has 0 spiro atoms. The van der Waals surface area contributed by atoms with Crippen molar-refractivity contribution in [3.63, 3.8) is 0 Å². The van der Waals surface area contributed by atoms with Crippen LogP contribution in [0.3, 0.4) is 0 Å². The molecule has 2 aromatic rings. The van der Waals surface area contributed by atoms with Crippen LogP contribution in [-0.4, -0.2) is 5.97 Å². The van der Waals surface area contributed by atoms with Crippen LogP contribution in [0.1, 0.15) is 28.3 Å². The van der Waals surface area contributed by atoms with Gasteiger partial charge in [0.15, 0.2) is 0 Å². The van der Waals surface area contributed by atoms with E-state index in [2.05, 4.69) is 0 Å². The smallest absolute Gasteiger partial charge is 0.338 e. The third kappa shape index (κ3) is 2.49. The first-order chi connectivity index (χ1) is 7.77. The number of rotatable bonds is 3. The van der Waals surface area contributed by atoms with Crippen LogP contribution in [0.5, 0.6) is 0 Å². The molecule has 0 saturated carbocycles. The third-order valence-corrected chi connectivity index (χ3v) is 3.27. The maximum atomic E-state index is 11.7. The van der Waals surface area contributed by atoms with Gasteiger partial charge in [0.05, 0.1) is 5.56 Å². The van der Waals surface area contributed by atoms with Crippen LogP contribution in [0.15, 0.2) is 47.8 Å². The molecule has 0 bridgehead atoms. The lowest BCUT2D eigenvalue weighted by Gasteiger charge is -2.11. The molecule has 0 amide bonds. The zero-order valence-corrected chi connectivity index (χ0v) is 9.74. The number of carbonyl (C=O) groups is 1. The Kier molecular flexibility index (Phi) is 3.37. The molecule has 0 fully saturated rings. The van der Waals surface area contributed by atoms with E-state index in [4.69, 9.17) is 4.74 Å². The summed E-state index contributed by atoms with van der Waals surface area (Å²) in [7, 11) is 0. The Morgan fingerprint density at radius 2 is 1.94 bits per heavy atom. The van der Waals surface area contributed by atoms with Crippen LogP contribution in [0.2, 0.25) is 0 Å². The number of benzene rings is 1. The van der Waals surface area contributed by atoms with Crippen molar-refractivity contribution in [2.75, 3.05) is 0 Å². The highest BCUT2D eigenvalue weighted by Crippen LogP contribution is 2.22. The highest BCUT2D eigenvalue weighted by molar-refractivity contribution is 7.10. The Bertz CT molecular complexity index is 448. The summed E-state index contributed by atoms with van der Waals surface area (Å²) in [6.07, 6.45) is -0.187. The molecule has 0 N–H and O–H groups in total. The van der Waals surface area contributed by atoms with E-state index in [9.17, 15) is 4.79 Å². The van der Waals surface area contributed by atoms with Gasteiger partial charge in [-0.15, -0.1) is 11.3 Å². The largest absolute Gasteiger partial charge is 0.453 e. The number of hydrogen-bond acceptors (Lipinski definition) is 3. The number of carbonyl (C=O) groups excluding carboxylic acids is 1. The molecule has 1 aromatic carbocycles. The van der Waals surface area contributed by atoms with Crippen LogP contribution in [0, 0.1) is 0 Å². The average molecular weight is 232 g/mol. The van der Waals surface area contributed by atoms with E-state index >= 15 is 0 Å². The highest BCUT2D eigenvalue weighted by atomic mass is 32.1. The molecule has 1 unspecified atom stereocenters. The van der Waals surface area contributed by atoms with Crippen molar-refractivity contribution in [3.05, 3.63) is 58.3 Å². The van der Waals surface area contributed by atoms with Crippen LogP contribution in [-0.2, 0) is 4.74 Å². The molecule has 1 heterocycles. The molecule has 0 aliphatic carbocycles. The van der Waals surface area contributed by atoms with Gasteiger partial charge in [-0.05, 0) is 30.5 Å². The van der Waals surface area contributed by atoms with Gasteiger partial charge in [-0.25, -0.2) is 4.79 Å². The van der Waals surface area contributed by atoms with E-state index in [1.807, 2.05) is 42.6 Å². The summed E-state index contributed by atoms with van der Waals surface area (Å²) in [5.41, 5.74) is 0.589. The number of esters is 1. The normalized spacial score (nSPS) is 12.1. The van der Waals surface area contributed by atoms with E-state index in [-0.39, 0.29) is 12.1 Å². The fourth-order valence-electron chi connectivity index (χ4n) is 1.38. The number of ether oxygens (including phenoxy) is 1. The fraction of sp³-hybridized carbons (Fsp3) is 0.154. The molecule has 3 heteroatoms. The standard InChI is InChI=1S/C13H12O2S/c1-10(12-8-5-9-16-12)15-13(14)11-6-3-2-4-7-11/h2-10H,1H3. The summed E-state index contributed by atoms with van der Waals surface area (Å²) in [4.78, 5) is 12.8. The van der Waals surface area contributed by atoms with Gasteiger partial charge in [0.2, 0.25) is 0 Å². The van der Waals surface area contributed by atoms with E-state index in [1.165, 1.54) is 0 Å². The first-order valence-corrected chi connectivity index (χ1v) is 5.95. The molecule has 1 aromatic heterocycles. The Balaban J connectivity index is 2.03. The molecule has 2 nitrogen and oxygen atoms in total. The number of thiophene rings is 1. The molecule has 1 atom stereocenters. The van der Waals surface area contributed by atoms with Crippen molar-refractivity contribution in [2.24, 2.45) is 0 Å². The van der Waals surface area contributed by atoms with Crippen molar-refractivity contribution in [2.45, 2.75) is 13.0 Å². The third-order valence-electron chi connectivity index (χ3n) is 2.24. The summed E-state index contributed by atoms with van der Waals surface area (Å²) >= 11 is 1.59. The Hall–Kier alpha value is -1.61. The van der Waals surface area contributed by atoms with E-state index in [0.29, 0.717) is 5.56 Å². The minimum absolute atomic E-state index is 0.187. The zero-order chi connectivity index (χ0) is 11.4. The minimum atomic E-state index is -0.276. The lowest BCUT2D eigenvalue weighted by atomic mass is 10.2. The van der Waals surface area contributed by atoms with Crippen molar-refractivity contribution in [1.29, 1.82) is 0 Å². The molecule has 82 valence electrons. The maximum Gasteiger partial charge on any atom is 0.338 e. The van der Waals surface area contributed by atoms with Crippen molar-refractivity contribution in [3.8, 4) is 0 Å². The van der Waals surface area contributed by atoms with Gasteiger partial charge in [0, 0.05) is 4.88 Å². The van der Waals surface area contributed by atoms with Gasteiger partial charge in [0.1, 0.15) is 6.10 Å². The summed E-state index contributed by atoms with van der Waals surface area (Å²) in [5, 5.41) is 1.97. The topological polar surface area (TPSA) is 26.3 Å². The summed E-state index contributed by atoms with van der Waals surface area (Å²) in [6, 6.07) is 13.0. The van der Waals surface area contributed by atoms with Gasteiger partial charge < -0.3 is 4.74 Å². The first kappa shape index (κ1) is 10.9. The monoisotopic (exact) mass is 232 g/mol. The van der Waals surface area contributed by atoms with Crippen LogP contribution < -0.4 is 0 Å². The van der Waals surface area contributed by atoms with Gasteiger partial charge in [-0.1, -0.05) is 24.3 Å². The van der Waals surface area contributed by atoms with E-state index < -0.39 is 0 Å². The molecule has 0 saturated heterocycles. The van der Waals surface area contributed by atoms with E-state index in [1.54, 1.807) is 23.5 Å². The minimum Gasteiger partial charge on any atom is -0.453 e. The second-order valence-electron chi connectivity index (χ2n) is 3.43. The van der Waals surface area contributed by atoms with Crippen molar-refractivity contribution in [1.82, 2.24) is 0 Å². The van der Waals surface area contributed by atoms with Gasteiger partial charge in [0.25, 0.3) is 0 Å². The Morgan fingerprint density at radius 3 is 2.56 bits per heavy atom. The average Bonchev–Trinajstić information content (AvgIpc) is 2.83. The van der Waals surface area contributed by atoms with Gasteiger partial charge in [-0.3, -0.25) is 0 Å². The summed E-state index contributed by atoms with van der Waals surface area (Å²) in [6.45, 7) is 1.88. The molecular formula is C13H12O2S. The zero-order valence-electron chi connectivity index (χ0n) is 8.92. The summed E-state index contributed by atoms with van der Waals surface area (Å²) < 4.78 is 5.35. The Labute approximate surface area is 98.5 Å². The molecule has 0 radical (unpaired) electrons. The quantitative estimate of drug-likeness (QED) is 0.755. The second-order valence-corrected chi connectivity index (χ2v) is 4.41. The lowest BCUT2D eigenvalue weighted by Crippen LogP contribution is -2.07. The molecular weight excluding hydrogens is 220 g/mol. The SMILES string of the molecule is CC(OC(=O)c1ccccc1)c1cccs1. The van der Waals surface area contributed by atoms with Crippen molar-refractivity contribution >= 4 is 17.3 Å². The van der Waals surface area contributed by atoms with Gasteiger partial charge in [-0.2, -0.15) is 0 Å². The molecule has 16 heavy (non-hydrogen) atoms. The highest BCUT2D eigenvalue weighted by Gasteiger charge is 2.13. The van der Waals surface area contributed by atoms with Gasteiger partial charge >= 0.3 is 5.97 Å². The van der Waals surface area contributed by atoms with Crippen LogP contribution in [0.25, 0.3) is 0 Å². The van der Waals surface area contributed by atoms with E-state index in [0.717, 1.165) is 4.88 Å². The predicted octanol–water partition coefficient (Wildman–Crippen LogP) is 3.67. The molecule has 0 aliphatic rings. The Morgan fingerprint density at radius 1 is 1.19 bits per heavy atom. The molecule has 2 rings (SSSR count). The summed E-state index contributed by atoms with van der Waals surface area (Å²) in [5.74, 6) is -0.276.